The van der Waals surface area contributed by atoms with Crippen LogP contribution in [0.5, 0.6) is 0 Å². The van der Waals surface area contributed by atoms with E-state index in [-0.39, 0.29) is 18.5 Å². The summed E-state index contributed by atoms with van der Waals surface area (Å²) < 4.78 is 5.27. The molecule has 15 heavy (non-hydrogen) atoms. The molecule has 2 aliphatic rings. The number of carbonyl (C=O) groups excluding carboxylic acids is 1. The lowest BCUT2D eigenvalue weighted by Gasteiger charge is -2.23. The van der Waals surface area contributed by atoms with Crippen LogP contribution in [0.3, 0.4) is 0 Å². The van der Waals surface area contributed by atoms with E-state index in [1.165, 1.54) is 4.90 Å². The van der Waals surface area contributed by atoms with E-state index in [1.54, 1.807) is 0 Å². The normalized spacial score (nSPS) is 25.2. The second-order valence-corrected chi connectivity index (χ2v) is 4.09. The molecule has 1 saturated heterocycles. The standard InChI is InChI=1S/C10H15NO4/c12-9(13)6-11(7-3-4-7)10(14)8-2-1-5-15-8/h7-8H,1-6H2,(H,12,13)/t8-/m0/s1. The minimum absolute atomic E-state index is 0.137. The topological polar surface area (TPSA) is 66.8 Å². The molecule has 5 heteroatoms. The molecular formula is C10H15NO4. The number of nitrogens with zero attached hydrogens (tertiary/aromatic N) is 1. The van der Waals surface area contributed by atoms with Gasteiger partial charge in [0.2, 0.25) is 0 Å². The molecule has 2 fully saturated rings. The van der Waals surface area contributed by atoms with Crippen LogP contribution in [0, 0.1) is 0 Å². The third-order valence-electron chi connectivity index (χ3n) is 2.78. The van der Waals surface area contributed by atoms with Crippen molar-refractivity contribution in [2.24, 2.45) is 0 Å². The summed E-state index contributed by atoms with van der Waals surface area (Å²) >= 11 is 0. The molecule has 0 aromatic rings. The van der Waals surface area contributed by atoms with Crippen molar-refractivity contribution in [2.45, 2.75) is 37.8 Å². The number of hydrogen-bond acceptors (Lipinski definition) is 3. The van der Waals surface area contributed by atoms with Crippen LogP contribution in [0.4, 0.5) is 0 Å². The third-order valence-corrected chi connectivity index (χ3v) is 2.78. The summed E-state index contributed by atoms with van der Waals surface area (Å²) in [7, 11) is 0. The Bertz CT molecular complexity index is 269. The van der Waals surface area contributed by atoms with Crippen molar-refractivity contribution in [1.29, 1.82) is 0 Å². The fourth-order valence-electron chi connectivity index (χ4n) is 1.88. The first-order chi connectivity index (χ1) is 7.18. The third kappa shape index (κ3) is 2.47. The SMILES string of the molecule is O=C(O)CN(C(=O)[C@@H]1CCCO1)C1CC1. The van der Waals surface area contributed by atoms with Crippen molar-refractivity contribution in [3.63, 3.8) is 0 Å². The maximum Gasteiger partial charge on any atom is 0.323 e. The van der Waals surface area contributed by atoms with E-state index in [9.17, 15) is 9.59 Å². The van der Waals surface area contributed by atoms with E-state index in [0.29, 0.717) is 6.61 Å². The molecule has 0 radical (unpaired) electrons. The molecule has 5 nitrogen and oxygen atoms in total. The molecule has 0 spiro atoms. The predicted octanol–water partition coefficient (Wildman–Crippen LogP) is 0.241. The van der Waals surface area contributed by atoms with Crippen molar-refractivity contribution in [3.8, 4) is 0 Å². The van der Waals surface area contributed by atoms with Gasteiger partial charge in [-0.1, -0.05) is 0 Å². The van der Waals surface area contributed by atoms with Gasteiger partial charge >= 0.3 is 5.97 Å². The maximum atomic E-state index is 11.9. The molecule has 84 valence electrons. The van der Waals surface area contributed by atoms with Crippen LogP contribution >= 0.6 is 0 Å². The molecule has 2 rings (SSSR count). The van der Waals surface area contributed by atoms with Gasteiger partial charge < -0.3 is 14.7 Å². The highest BCUT2D eigenvalue weighted by Gasteiger charge is 2.38. The van der Waals surface area contributed by atoms with Gasteiger partial charge in [-0.2, -0.15) is 0 Å². The van der Waals surface area contributed by atoms with E-state index in [4.69, 9.17) is 9.84 Å². The Balaban J connectivity index is 1.96. The van der Waals surface area contributed by atoms with Crippen LogP contribution in [-0.4, -0.2) is 47.2 Å². The minimum atomic E-state index is -0.951. The number of rotatable bonds is 4. The Morgan fingerprint density at radius 3 is 2.53 bits per heavy atom. The second-order valence-electron chi connectivity index (χ2n) is 4.09. The van der Waals surface area contributed by atoms with Crippen LogP contribution in [0.2, 0.25) is 0 Å². The fourth-order valence-corrected chi connectivity index (χ4v) is 1.88. The first-order valence-electron chi connectivity index (χ1n) is 5.32. The van der Waals surface area contributed by atoms with Gasteiger partial charge in [0.15, 0.2) is 0 Å². The molecule has 1 N–H and O–H groups in total. The highest BCUT2D eigenvalue weighted by molar-refractivity contribution is 5.85. The lowest BCUT2D eigenvalue weighted by molar-refractivity contribution is -0.149. The quantitative estimate of drug-likeness (QED) is 0.726. The minimum Gasteiger partial charge on any atom is -0.480 e. The van der Waals surface area contributed by atoms with E-state index in [1.807, 2.05) is 0 Å². The zero-order valence-corrected chi connectivity index (χ0v) is 8.52. The molecule has 0 aromatic carbocycles. The lowest BCUT2D eigenvalue weighted by atomic mass is 10.2. The summed E-state index contributed by atoms with van der Waals surface area (Å²) in [6.45, 7) is 0.422. The highest BCUT2D eigenvalue weighted by atomic mass is 16.5. The molecule has 1 heterocycles. The van der Waals surface area contributed by atoms with Crippen LogP contribution in [-0.2, 0) is 14.3 Å². The number of hydrogen-bond donors (Lipinski definition) is 1. The Hall–Kier alpha value is -1.10. The monoisotopic (exact) mass is 213 g/mol. The van der Waals surface area contributed by atoms with Gasteiger partial charge in [-0.05, 0) is 25.7 Å². The molecule has 0 bridgehead atoms. The molecule has 0 aromatic heterocycles. The molecule has 1 atom stereocenters. The van der Waals surface area contributed by atoms with Gasteiger partial charge in [0, 0.05) is 12.6 Å². The van der Waals surface area contributed by atoms with Crippen LogP contribution in [0.25, 0.3) is 0 Å². The lowest BCUT2D eigenvalue weighted by Crippen LogP contribution is -2.43. The van der Waals surface area contributed by atoms with Gasteiger partial charge in [0.1, 0.15) is 12.6 Å². The molecule has 1 aliphatic heterocycles. The molecule has 1 saturated carbocycles. The van der Waals surface area contributed by atoms with E-state index < -0.39 is 12.1 Å². The van der Waals surface area contributed by atoms with Crippen molar-refractivity contribution in [1.82, 2.24) is 4.90 Å². The zero-order valence-electron chi connectivity index (χ0n) is 8.52. The Morgan fingerprint density at radius 1 is 1.33 bits per heavy atom. The van der Waals surface area contributed by atoms with Crippen molar-refractivity contribution >= 4 is 11.9 Å². The van der Waals surface area contributed by atoms with E-state index >= 15 is 0 Å². The summed E-state index contributed by atoms with van der Waals surface area (Å²) in [4.78, 5) is 24.0. The van der Waals surface area contributed by atoms with Gasteiger partial charge in [-0.25, -0.2) is 0 Å². The Morgan fingerprint density at radius 2 is 2.07 bits per heavy atom. The smallest absolute Gasteiger partial charge is 0.323 e. The Labute approximate surface area is 88.0 Å². The number of carboxylic acids is 1. The van der Waals surface area contributed by atoms with Gasteiger partial charge in [0.25, 0.3) is 5.91 Å². The summed E-state index contributed by atoms with van der Waals surface area (Å²) in [5.41, 5.74) is 0. The van der Waals surface area contributed by atoms with E-state index in [0.717, 1.165) is 25.7 Å². The summed E-state index contributed by atoms with van der Waals surface area (Å²) in [5.74, 6) is -1.09. The number of ether oxygens (including phenoxy) is 1. The number of carboxylic acid groups (broad SMARTS) is 1. The predicted molar refractivity (Wildman–Crippen MR) is 51.3 cm³/mol. The number of aliphatic carboxylic acids is 1. The summed E-state index contributed by atoms with van der Waals surface area (Å²) in [6, 6.07) is 0.137. The van der Waals surface area contributed by atoms with Crippen LogP contribution < -0.4 is 0 Å². The molecular weight excluding hydrogens is 198 g/mol. The average Bonchev–Trinajstić information content (AvgIpc) is 2.88. The first-order valence-corrected chi connectivity index (χ1v) is 5.32. The van der Waals surface area contributed by atoms with Crippen LogP contribution in [0.15, 0.2) is 0 Å². The van der Waals surface area contributed by atoms with Crippen LogP contribution in [0.1, 0.15) is 25.7 Å². The summed E-state index contributed by atoms with van der Waals surface area (Å²) in [5, 5.41) is 8.72. The average molecular weight is 213 g/mol. The maximum absolute atomic E-state index is 11.9. The van der Waals surface area contributed by atoms with Gasteiger partial charge in [0.05, 0.1) is 0 Å². The Kier molecular flexibility index (Phi) is 2.90. The molecule has 1 aliphatic carbocycles. The summed E-state index contributed by atoms with van der Waals surface area (Å²) in [6.07, 6.45) is 3.06. The van der Waals surface area contributed by atoms with E-state index in [2.05, 4.69) is 0 Å². The van der Waals surface area contributed by atoms with Gasteiger partial charge in [-0.3, -0.25) is 9.59 Å². The molecule has 0 unspecified atom stereocenters. The van der Waals surface area contributed by atoms with Crippen molar-refractivity contribution in [3.05, 3.63) is 0 Å². The fraction of sp³-hybridized carbons (Fsp3) is 0.800. The number of carbonyl (C=O) groups is 2. The largest absolute Gasteiger partial charge is 0.480 e. The highest BCUT2D eigenvalue weighted by Crippen LogP contribution is 2.28. The molecule has 1 amide bonds. The zero-order chi connectivity index (χ0) is 10.8. The van der Waals surface area contributed by atoms with Crippen molar-refractivity contribution in [2.75, 3.05) is 13.2 Å². The second kappa shape index (κ2) is 4.18. The first kappa shape index (κ1) is 10.4. The van der Waals surface area contributed by atoms with Gasteiger partial charge in [-0.15, -0.1) is 0 Å². The van der Waals surface area contributed by atoms with Crippen molar-refractivity contribution < 1.29 is 19.4 Å². The number of amides is 1.